The van der Waals surface area contributed by atoms with Gasteiger partial charge < -0.3 is 15.0 Å². The highest BCUT2D eigenvalue weighted by molar-refractivity contribution is 9.09. The smallest absolute Gasteiger partial charge is 0.323 e. The number of alkyl halides is 3. The predicted molar refractivity (Wildman–Crippen MR) is 67.8 cm³/mol. The van der Waals surface area contributed by atoms with E-state index in [2.05, 4.69) is 15.9 Å². The first kappa shape index (κ1) is 15.5. The number of nitro groups is 1. The van der Waals surface area contributed by atoms with E-state index in [-0.39, 0.29) is 18.1 Å². The summed E-state index contributed by atoms with van der Waals surface area (Å²) in [6, 6.07) is 2.43. The molecule has 0 unspecified atom stereocenters. The Morgan fingerprint density at radius 3 is 2.63 bits per heavy atom. The van der Waals surface area contributed by atoms with E-state index in [1.807, 2.05) is 0 Å². The fourth-order valence-electron chi connectivity index (χ4n) is 1.60. The van der Waals surface area contributed by atoms with Crippen molar-refractivity contribution in [2.24, 2.45) is 7.05 Å². The second-order valence-corrected chi connectivity index (χ2v) is 4.52. The van der Waals surface area contributed by atoms with Crippen LogP contribution in [0.15, 0.2) is 12.1 Å². The third-order valence-electron chi connectivity index (χ3n) is 2.50. The number of rotatable bonds is 6. The molecule has 19 heavy (non-hydrogen) atoms. The number of amides is 1. The van der Waals surface area contributed by atoms with Gasteiger partial charge in [-0.1, -0.05) is 15.9 Å². The summed E-state index contributed by atoms with van der Waals surface area (Å²) in [4.78, 5) is 23.0. The molecule has 6 nitrogen and oxygen atoms in total. The van der Waals surface area contributed by atoms with E-state index in [0.29, 0.717) is 5.33 Å². The van der Waals surface area contributed by atoms with E-state index >= 15 is 0 Å². The van der Waals surface area contributed by atoms with Gasteiger partial charge in [-0.15, -0.1) is 0 Å². The Kier molecular flexibility index (Phi) is 5.40. The van der Waals surface area contributed by atoms with Gasteiger partial charge >= 0.3 is 5.82 Å². The number of hydrogen-bond acceptors (Lipinski definition) is 3. The van der Waals surface area contributed by atoms with Crippen molar-refractivity contribution in [1.82, 2.24) is 9.47 Å². The van der Waals surface area contributed by atoms with Crippen molar-refractivity contribution < 1.29 is 18.5 Å². The Bertz CT molecular complexity index is 479. The zero-order valence-electron chi connectivity index (χ0n) is 10.1. The molecule has 0 N–H and O–H groups in total. The number of halogens is 3. The molecule has 106 valence electrons. The topological polar surface area (TPSA) is 68.4 Å². The minimum atomic E-state index is -2.65. The van der Waals surface area contributed by atoms with Crippen LogP contribution in [0.4, 0.5) is 14.6 Å². The maximum atomic E-state index is 12.4. The molecule has 0 saturated carbocycles. The lowest BCUT2D eigenvalue weighted by atomic mass is 10.3. The quantitative estimate of drug-likeness (QED) is 0.452. The van der Waals surface area contributed by atoms with Crippen LogP contribution in [0.5, 0.6) is 0 Å². The van der Waals surface area contributed by atoms with E-state index in [1.54, 1.807) is 0 Å². The molecule has 9 heteroatoms. The first-order valence-corrected chi connectivity index (χ1v) is 6.44. The number of hydrogen-bond donors (Lipinski definition) is 0. The summed E-state index contributed by atoms with van der Waals surface area (Å²) < 4.78 is 25.9. The minimum Gasteiger partial charge on any atom is -0.358 e. The fourth-order valence-corrected chi connectivity index (χ4v) is 2.03. The minimum absolute atomic E-state index is 0.00769. The van der Waals surface area contributed by atoms with Crippen molar-refractivity contribution in [2.45, 2.75) is 6.43 Å². The summed E-state index contributed by atoms with van der Waals surface area (Å²) in [5, 5.41) is 11.0. The summed E-state index contributed by atoms with van der Waals surface area (Å²) in [5.41, 5.74) is 0.00769. The van der Waals surface area contributed by atoms with E-state index < -0.39 is 23.8 Å². The molecule has 0 aliphatic heterocycles. The first-order chi connectivity index (χ1) is 8.88. The maximum absolute atomic E-state index is 12.4. The molecule has 0 aliphatic carbocycles. The van der Waals surface area contributed by atoms with Gasteiger partial charge in [0.15, 0.2) is 5.69 Å². The molecular formula is C10H12BrF2N3O3. The Hall–Kier alpha value is -1.51. The van der Waals surface area contributed by atoms with Crippen LogP contribution in [-0.4, -0.2) is 45.1 Å². The zero-order chi connectivity index (χ0) is 14.6. The van der Waals surface area contributed by atoms with Crippen LogP contribution < -0.4 is 0 Å². The highest BCUT2D eigenvalue weighted by Crippen LogP contribution is 2.17. The van der Waals surface area contributed by atoms with Crippen molar-refractivity contribution in [3.05, 3.63) is 27.9 Å². The summed E-state index contributed by atoms with van der Waals surface area (Å²) in [6.07, 6.45) is -2.65. The third-order valence-corrected chi connectivity index (χ3v) is 2.86. The SMILES string of the molecule is Cn1c(C(=O)N(CCBr)CC(F)F)ccc1[N+](=O)[O-]. The highest BCUT2D eigenvalue weighted by atomic mass is 79.9. The number of carbonyl (C=O) groups excluding carboxylic acids is 1. The van der Waals surface area contributed by atoms with E-state index in [9.17, 15) is 23.7 Å². The molecule has 1 aromatic heterocycles. The fraction of sp³-hybridized carbons (Fsp3) is 0.500. The first-order valence-electron chi connectivity index (χ1n) is 5.32. The highest BCUT2D eigenvalue weighted by Gasteiger charge is 2.26. The molecular weight excluding hydrogens is 328 g/mol. The van der Waals surface area contributed by atoms with Gasteiger partial charge in [-0.25, -0.2) is 13.3 Å². The number of nitrogens with zero attached hydrogens (tertiary/aromatic N) is 3. The van der Waals surface area contributed by atoms with Crippen molar-refractivity contribution >= 4 is 27.7 Å². The second kappa shape index (κ2) is 6.60. The van der Waals surface area contributed by atoms with Gasteiger partial charge in [0.05, 0.1) is 13.6 Å². The normalized spacial score (nSPS) is 10.8. The van der Waals surface area contributed by atoms with Gasteiger partial charge in [0.25, 0.3) is 12.3 Å². The van der Waals surface area contributed by atoms with Crippen LogP contribution in [-0.2, 0) is 7.05 Å². The largest absolute Gasteiger partial charge is 0.358 e. The van der Waals surface area contributed by atoms with E-state index in [1.165, 1.54) is 19.2 Å². The lowest BCUT2D eigenvalue weighted by Crippen LogP contribution is -2.37. The van der Waals surface area contributed by atoms with Crippen LogP contribution in [0.25, 0.3) is 0 Å². The van der Waals surface area contributed by atoms with Crippen LogP contribution in [0, 0.1) is 10.1 Å². The second-order valence-electron chi connectivity index (χ2n) is 3.72. The van der Waals surface area contributed by atoms with Gasteiger partial charge in [-0.05, 0) is 11.0 Å². The average molecular weight is 340 g/mol. The van der Waals surface area contributed by atoms with Crippen molar-refractivity contribution in [3.63, 3.8) is 0 Å². The van der Waals surface area contributed by atoms with Gasteiger partial charge in [0.1, 0.15) is 0 Å². The van der Waals surface area contributed by atoms with Crippen molar-refractivity contribution in [1.29, 1.82) is 0 Å². The third kappa shape index (κ3) is 3.72. The Labute approximate surface area is 116 Å². The van der Waals surface area contributed by atoms with Gasteiger partial charge in [0, 0.05) is 17.9 Å². The van der Waals surface area contributed by atoms with E-state index in [4.69, 9.17) is 0 Å². The summed E-state index contributed by atoms with van der Waals surface area (Å²) in [7, 11) is 1.35. The lowest BCUT2D eigenvalue weighted by molar-refractivity contribution is -0.391. The molecule has 0 fully saturated rings. The average Bonchev–Trinajstić information content (AvgIpc) is 2.69. The number of carbonyl (C=O) groups is 1. The van der Waals surface area contributed by atoms with Crippen LogP contribution >= 0.6 is 15.9 Å². The van der Waals surface area contributed by atoms with E-state index in [0.717, 1.165) is 9.47 Å². The predicted octanol–water partition coefficient (Wildman–Crippen LogP) is 2.04. The number of aromatic nitrogens is 1. The molecule has 0 bridgehead atoms. The molecule has 1 amide bonds. The standard InChI is InChI=1S/C10H12BrF2N3O3/c1-14-7(2-3-9(14)16(18)19)10(17)15(5-4-11)6-8(12)13/h2-3,8H,4-6H2,1H3. The zero-order valence-corrected chi connectivity index (χ0v) is 11.6. The Balaban J connectivity index is 2.99. The van der Waals surface area contributed by atoms with Gasteiger partial charge in [0.2, 0.25) is 0 Å². The van der Waals surface area contributed by atoms with Gasteiger partial charge in [-0.2, -0.15) is 0 Å². The van der Waals surface area contributed by atoms with Crippen molar-refractivity contribution in [3.8, 4) is 0 Å². The molecule has 0 spiro atoms. The molecule has 0 atom stereocenters. The van der Waals surface area contributed by atoms with Gasteiger partial charge in [-0.3, -0.25) is 4.79 Å². The van der Waals surface area contributed by atoms with Crippen molar-refractivity contribution in [2.75, 3.05) is 18.4 Å². The van der Waals surface area contributed by atoms with Crippen LogP contribution in [0.3, 0.4) is 0 Å². The molecule has 0 aromatic carbocycles. The van der Waals surface area contributed by atoms with Crippen LogP contribution in [0.2, 0.25) is 0 Å². The molecule has 0 aliphatic rings. The molecule has 1 aromatic rings. The summed E-state index contributed by atoms with van der Waals surface area (Å²) >= 11 is 3.07. The maximum Gasteiger partial charge on any atom is 0.323 e. The Morgan fingerprint density at radius 2 is 2.21 bits per heavy atom. The molecule has 1 heterocycles. The summed E-state index contributed by atoms with van der Waals surface area (Å²) in [6.45, 7) is -0.606. The lowest BCUT2D eigenvalue weighted by Gasteiger charge is -2.20. The molecule has 0 radical (unpaired) electrons. The Morgan fingerprint density at radius 1 is 1.58 bits per heavy atom. The monoisotopic (exact) mass is 339 g/mol. The van der Waals surface area contributed by atoms with Crippen LogP contribution in [0.1, 0.15) is 10.5 Å². The molecule has 1 rings (SSSR count). The summed E-state index contributed by atoms with van der Waals surface area (Å²) in [5.74, 6) is -0.922. The molecule has 0 saturated heterocycles.